The third-order valence-electron chi connectivity index (χ3n) is 1.46. The second-order valence-corrected chi connectivity index (χ2v) is 2.23. The second kappa shape index (κ2) is 2.58. The van der Waals surface area contributed by atoms with Crippen LogP contribution in [0.2, 0.25) is 0 Å². The molecule has 1 aliphatic carbocycles. The Labute approximate surface area is 65.4 Å². The van der Waals surface area contributed by atoms with Crippen LogP contribution in [0.25, 0.3) is 0 Å². The molecule has 1 rings (SSSR count). The van der Waals surface area contributed by atoms with E-state index >= 15 is 0 Å². The number of Topliss-reactive ketones (excluding diaryl/α,β-unsaturated/α-hetero) is 2. The summed E-state index contributed by atoms with van der Waals surface area (Å²) < 4.78 is 37.2. The maximum absolute atomic E-state index is 12.5. The number of rotatable bonds is 0. The number of hydrogen-bond donors (Lipinski definition) is 0. The Balaban J connectivity index is 3.32. The number of carbonyl (C=O) groups excluding carboxylic acids is 2. The van der Waals surface area contributed by atoms with Crippen molar-refractivity contribution in [3.63, 3.8) is 0 Å². The van der Waals surface area contributed by atoms with Crippen LogP contribution in [0, 0.1) is 0 Å². The van der Waals surface area contributed by atoms with Gasteiger partial charge in [0.1, 0.15) is 0 Å². The van der Waals surface area contributed by atoms with Gasteiger partial charge in [0, 0.05) is 5.57 Å². The van der Waals surface area contributed by atoms with Gasteiger partial charge in [-0.05, 0) is 6.92 Å². The highest BCUT2D eigenvalue weighted by molar-refractivity contribution is 6.22. The van der Waals surface area contributed by atoms with Crippen LogP contribution in [0.3, 0.4) is 0 Å². The molecule has 0 spiro atoms. The molecule has 2 nitrogen and oxygen atoms in total. The van der Waals surface area contributed by atoms with Gasteiger partial charge in [0.2, 0.25) is 17.4 Å². The van der Waals surface area contributed by atoms with Gasteiger partial charge in [0.05, 0.1) is 0 Å². The van der Waals surface area contributed by atoms with Crippen LogP contribution in [-0.4, -0.2) is 11.6 Å². The van der Waals surface area contributed by atoms with E-state index in [0.717, 1.165) is 6.92 Å². The summed E-state index contributed by atoms with van der Waals surface area (Å²) in [5, 5.41) is 0. The zero-order valence-electron chi connectivity index (χ0n) is 5.95. The second-order valence-electron chi connectivity index (χ2n) is 2.23. The number of halogens is 3. The Morgan fingerprint density at radius 2 is 1.25 bits per heavy atom. The predicted octanol–water partition coefficient (Wildman–Crippen LogP) is 1.53. The lowest BCUT2D eigenvalue weighted by Crippen LogP contribution is -2.17. The summed E-state index contributed by atoms with van der Waals surface area (Å²) >= 11 is 0. The maximum atomic E-state index is 12.5. The van der Waals surface area contributed by atoms with Gasteiger partial charge in [-0.2, -0.15) is 8.78 Å². The largest absolute Gasteiger partial charge is 0.286 e. The van der Waals surface area contributed by atoms with Gasteiger partial charge < -0.3 is 0 Å². The molecule has 0 aromatic rings. The molecule has 0 aromatic heterocycles. The molecule has 0 bridgehead atoms. The zero-order valence-corrected chi connectivity index (χ0v) is 5.95. The lowest BCUT2D eigenvalue weighted by molar-refractivity contribution is -0.119. The van der Waals surface area contributed by atoms with Crippen molar-refractivity contribution in [2.75, 3.05) is 0 Å². The Morgan fingerprint density at radius 1 is 0.833 bits per heavy atom. The van der Waals surface area contributed by atoms with Crippen molar-refractivity contribution in [3.8, 4) is 0 Å². The van der Waals surface area contributed by atoms with Gasteiger partial charge in [-0.25, -0.2) is 4.39 Å². The Hall–Kier alpha value is -1.39. The maximum Gasteiger partial charge on any atom is 0.253 e. The van der Waals surface area contributed by atoms with Crippen molar-refractivity contribution < 1.29 is 22.8 Å². The molecule has 0 heterocycles. The fourth-order valence-electron chi connectivity index (χ4n) is 0.730. The van der Waals surface area contributed by atoms with Crippen LogP contribution < -0.4 is 0 Å². The average Bonchev–Trinajstić information content (AvgIpc) is 2.08. The molecule has 1 aliphatic rings. The van der Waals surface area contributed by atoms with E-state index in [1.807, 2.05) is 0 Å². The number of hydrogen-bond acceptors (Lipinski definition) is 2. The van der Waals surface area contributed by atoms with E-state index in [1.54, 1.807) is 0 Å². The normalized spacial score (nSPS) is 19.3. The van der Waals surface area contributed by atoms with E-state index in [0.29, 0.717) is 0 Å². The molecular formula is C7H3F3O2. The monoisotopic (exact) mass is 176 g/mol. The summed E-state index contributed by atoms with van der Waals surface area (Å²) in [6.45, 7) is 0.918. The number of carbonyl (C=O) groups is 2. The molecule has 0 atom stereocenters. The van der Waals surface area contributed by atoms with Gasteiger partial charge >= 0.3 is 0 Å². The van der Waals surface area contributed by atoms with Crippen LogP contribution in [0.5, 0.6) is 0 Å². The third kappa shape index (κ3) is 0.975. The average molecular weight is 176 g/mol. The minimum absolute atomic E-state index is 0.695. The molecule has 12 heavy (non-hydrogen) atoms. The summed E-state index contributed by atoms with van der Waals surface area (Å²) in [5.74, 6) is -8.42. The molecule has 0 fully saturated rings. The first-order valence-corrected chi connectivity index (χ1v) is 2.98. The first kappa shape index (κ1) is 8.70. The van der Waals surface area contributed by atoms with Crippen LogP contribution in [0.15, 0.2) is 23.1 Å². The molecule has 0 amide bonds. The summed E-state index contributed by atoms with van der Waals surface area (Å²) in [4.78, 5) is 21.0. The van der Waals surface area contributed by atoms with Gasteiger partial charge in [-0.15, -0.1) is 0 Å². The van der Waals surface area contributed by atoms with Gasteiger partial charge in [-0.1, -0.05) is 0 Å². The minimum Gasteiger partial charge on any atom is -0.286 e. The van der Waals surface area contributed by atoms with Crippen LogP contribution in [0.1, 0.15) is 6.92 Å². The first-order chi connectivity index (χ1) is 5.46. The Morgan fingerprint density at radius 3 is 1.75 bits per heavy atom. The van der Waals surface area contributed by atoms with Gasteiger partial charge in [-0.3, -0.25) is 9.59 Å². The first-order valence-electron chi connectivity index (χ1n) is 2.98. The van der Waals surface area contributed by atoms with E-state index in [1.165, 1.54) is 0 Å². The van der Waals surface area contributed by atoms with E-state index < -0.39 is 34.6 Å². The predicted molar refractivity (Wildman–Crippen MR) is 33.1 cm³/mol. The molecule has 0 N–H and O–H groups in total. The van der Waals surface area contributed by atoms with Crippen molar-refractivity contribution >= 4 is 11.6 Å². The lowest BCUT2D eigenvalue weighted by Gasteiger charge is -2.06. The molecule has 0 saturated heterocycles. The number of ketones is 2. The Bertz CT molecular complexity index is 277. The van der Waals surface area contributed by atoms with Crippen LogP contribution in [0.4, 0.5) is 13.2 Å². The Kier molecular flexibility index (Phi) is 1.87. The highest BCUT2D eigenvalue weighted by Gasteiger charge is 2.33. The molecule has 5 heteroatoms. The van der Waals surface area contributed by atoms with Crippen LogP contribution in [-0.2, 0) is 9.59 Å². The van der Waals surface area contributed by atoms with E-state index in [-0.39, 0.29) is 0 Å². The summed E-state index contributed by atoms with van der Waals surface area (Å²) in [6, 6.07) is 0. The molecule has 64 valence electrons. The molecule has 0 unspecified atom stereocenters. The van der Waals surface area contributed by atoms with Gasteiger partial charge in [0.25, 0.3) is 5.78 Å². The molecule has 0 radical (unpaired) electrons. The van der Waals surface area contributed by atoms with Crippen molar-refractivity contribution in [2.45, 2.75) is 6.92 Å². The van der Waals surface area contributed by atoms with E-state index in [4.69, 9.17) is 0 Å². The molecule has 0 saturated carbocycles. The summed E-state index contributed by atoms with van der Waals surface area (Å²) in [7, 11) is 0. The SMILES string of the molecule is CC1=C(F)C(=O)C(F)=C(F)C1=O. The van der Waals surface area contributed by atoms with Crippen LogP contribution >= 0.6 is 0 Å². The lowest BCUT2D eigenvalue weighted by atomic mass is 10.0. The fourth-order valence-corrected chi connectivity index (χ4v) is 0.730. The number of allylic oxidation sites excluding steroid dienone is 4. The standard InChI is InChI=1S/C7H3F3O2/c1-2-3(8)7(12)5(10)4(9)6(2)11/h1H3. The smallest absolute Gasteiger partial charge is 0.253 e. The van der Waals surface area contributed by atoms with E-state index in [2.05, 4.69) is 0 Å². The summed E-state index contributed by atoms with van der Waals surface area (Å²) in [5.41, 5.74) is -0.695. The van der Waals surface area contributed by atoms with Crippen molar-refractivity contribution in [3.05, 3.63) is 23.1 Å². The topological polar surface area (TPSA) is 34.1 Å². The van der Waals surface area contributed by atoms with Crippen molar-refractivity contribution in [1.29, 1.82) is 0 Å². The fraction of sp³-hybridized carbons (Fsp3) is 0.143. The quantitative estimate of drug-likeness (QED) is 0.524. The highest BCUT2D eigenvalue weighted by Crippen LogP contribution is 2.26. The summed E-state index contributed by atoms with van der Waals surface area (Å²) in [6.07, 6.45) is 0. The minimum atomic E-state index is -1.96. The van der Waals surface area contributed by atoms with E-state index in [9.17, 15) is 22.8 Å². The molecule has 0 aromatic carbocycles. The highest BCUT2D eigenvalue weighted by atomic mass is 19.2. The zero-order chi connectivity index (χ0) is 9.46. The van der Waals surface area contributed by atoms with Crippen molar-refractivity contribution in [1.82, 2.24) is 0 Å². The van der Waals surface area contributed by atoms with Crippen molar-refractivity contribution in [2.24, 2.45) is 0 Å². The van der Waals surface area contributed by atoms with Gasteiger partial charge in [0.15, 0.2) is 5.83 Å². The molecule has 0 aliphatic heterocycles. The third-order valence-corrected chi connectivity index (χ3v) is 1.46. The molecular weight excluding hydrogens is 173 g/mol.